The number of alkyl halides is 1. The summed E-state index contributed by atoms with van der Waals surface area (Å²) in [6.07, 6.45) is 7.36. The van der Waals surface area contributed by atoms with E-state index >= 15 is 0 Å². The van der Waals surface area contributed by atoms with Crippen molar-refractivity contribution in [2.75, 3.05) is 13.2 Å². The molecule has 2 nitrogen and oxygen atoms in total. The van der Waals surface area contributed by atoms with Gasteiger partial charge in [0.2, 0.25) is 0 Å². The highest BCUT2D eigenvalue weighted by molar-refractivity contribution is 6.21. The summed E-state index contributed by atoms with van der Waals surface area (Å²) in [6.45, 7) is 6.45. The van der Waals surface area contributed by atoms with Crippen LogP contribution in [0.3, 0.4) is 0 Å². The molecule has 0 amide bonds. The van der Waals surface area contributed by atoms with Gasteiger partial charge in [0, 0.05) is 0 Å². The molecule has 0 heterocycles. The minimum absolute atomic E-state index is 0.195. The van der Waals surface area contributed by atoms with Crippen molar-refractivity contribution in [3.8, 4) is 0 Å². The van der Waals surface area contributed by atoms with Gasteiger partial charge < -0.3 is 9.84 Å². The van der Waals surface area contributed by atoms with E-state index in [0.717, 1.165) is 31.3 Å². The molecule has 0 radical (unpaired) electrons. The molecular weight excluding hydrogens is 224 g/mol. The van der Waals surface area contributed by atoms with Gasteiger partial charge in [-0.1, -0.05) is 25.0 Å². The number of allylic oxidation sites excluding steroid dienone is 1. The second-order valence-electron chi connectivity index (χ2n) is 4.26. The zero-order chi connectivity index (χ0) is 12.0. The first-order chi connectivity index (χ1) is 7.65. The van der Waals surface area contributed by atoms with Crippen molar-refractivity contribution in [1.82, 2.24) is 0 Å². The first kappa shape index (κ1) is 13.8. The highest BCUT2D eigenvalue weighted by atomic mass is 35.5. The fourth-order valence-electron chi connectivity index (χ4n) is 2.19. The van der Waals surface area contributed by atoms with Gasteiger partial charge in [-0.2, -0.15) is 0 Å². The topological polar surface area (TPSA) is 29.5 Å². The Labute approximate surface area is 103 Å². The van der Waals surface area contributed by atoms with Crippen LogP contribution in [-0.2, 0) is 4.74 Å². The van der Waals surface area contributed by atoms with Crippen LogP contribution < -0.4 is 0 Å². The Morgan fingerprint density at radius 1 is 1.62 bits per heavy atom. The van der Waals surface area contributed by atoms with Crippen molar-refractivity contribution in [2.45, 2.75) is 43.6 Å². The molecule has 0 aromatic carbocycles. The van der Waals surface area contributed by atoms with Gasteiger partial charge in [-0.15, -0.1) is 18.2 Å². The van der Waals surface area contributed by atoms with Gasteiger partial charge in [0.25, 0.3) is 0 Å². The Morgan fingerprint density at radius 2 is 2.38 bits per heavy atom. The summed E-state index contributed by atoms with van der Waals surface area (Å²) in [5, 5.41) is 10.4. The molecule has 3 heteroatoms. The van der Waals surface area contributed by atoms with E-state index in [1.54, 1.807) is 6.08 Å². The molecule has 1 rings (SSSR count). The van der Waals surface area contributed by atoms with E-state index in [-0.39, 0.29) is 5.38 Å². The zero-order valence-corrected chi connectivity index (χ0v) is 10.7. The van der Waals surface area contributed by atoms with E-state index < -0.39 is 5.60 Å². The summed E-state index contributed by atoms with van der Waals surface area (Å²) in [6, 6.07) is 0. The number of rotatable bonds is 5. The van der Waals surface area contributed by atoms with Crippen LogP contribution in [0.15, 0.2) is 24.3 Å². The molecule has 1 aliphatic carbocycles. The molecule has 0 unspecified atom stereocenters. The van der Waals surface area contributed by atoms with Crippen LogP contribution in [-0.4, -0.2) is 29.3 Å². The Bertz CT molecular complexity index is 263. The van der Waals surface area contributed by atoms with Crippen LogP contribution in [0.2, 0.25) is 0 Å². The zero-order valence-electron chi connectivity index (χ0n) is 9.92. The summed E-state index contributed by atoms with van der Waals surface area (Å²) in [5.41, 5.74) is 0.0180. The van der Waals surface area contributed by atoms with Crippen LogP contribution in [0, 0.1) is 0 Å². The van der Waals surface area contributed by atoms with Crippen LogP contribution >= 0.6 is 11.6 Å². The quantitative estimate of drug-likeness (QED) is 0.458. The second kappa shape index (κ2) is 6.43. The van der Waals surface area contributed by atoms with Gasteiger partial charge in [-0.05, 0) is 25.3 Å². The summed E-state index contributed by atoms with van der Waals surface area (Å²) in [7, 11) is 0. The lowest BCUT2D eigenvalue weighted by Crippen LogP contribution is -2.44. The van der Waals surface area contributed by atoms with Gasteiger partial charge in [0.05, 0.1) is 18.6 Å². The number of hydrogen-bond acceptors (Lipinski definition) is 2. The molecule has 0 aromatic rings. The standard InChI is InChI=1S/C13H21ClO2/c1-3-9-16-10-11(4-2)13(15)8-6-5-7-12(13)14/h3-4,12,15H,1,5-10H2,2H3/b11-4-/t12-,13-/m0/s1. The Kier molecular flexibility index (Phi) is 5.53. The van der Waals surface area contributed by atoms with Crippen LogP contribution in [0.4, 0.5) is 0 Å². The van der Waals surface area contributed by atoms with Crippen molar-refractivity contribution in [1.29, 1.82) is 0 Å². The van der Waals surface area contributed by atoms with E-state index in [0.29, 0.717) is 13.2 Å². The molecule has 0 spiro atoms. The lowest BCUT2D eigenvalue weighted by Gasteiger charge is -2.38. The van der Waals surface area contributed by atoms with Gasteiger partial charge in [-0.25, -0.2) is 0 Å². The van der Waals surface area contributed by atoms with Gasteiger partial charge in [0.15, 0.2) is 0 Å². The van der Waals surface area contributed by atoms with Gasteiger partial charge >= 0.3 is 0 Å². The molecule has 0 bridgehead atoms. The highest BCUT2D eigenvalue weighted by Crippen LogP contribution is 2.37. The van der Waals surface area contributed by atoms with E-state index in [4.69, 9.17) is 16.3 Å². The van der Waals surface area contributed by atoms with Gasteiger partial charge in [0.1, 0.15) is 5.60 Å². The summed E-state index contributed by atoms with van der Waals surface area (Å²) in [5.74, 6) is 0. The SMILES string of the molecule is C=CCOC/C(=C/C)[C@@]1(O)CCCC[C@@H]1Cl. The predicted molar refractivity (Wildman–Crippen MR) is 67.8 cm³/mol. The molecule has 0 aliphatic heterocycles. The normalized spacial score (nSPS) is 31.4. The van der Waals surface area contributed by atoms with Crippen LogP contribution in [0.1, 0.15) is 32.6 Å². The highest BCUT2D eigenvalue weighted by Gasteiger charge is 2.40. The monoisotopic (exact) mass is 244 g/mol. The maximum Gasteiger partial charge on any atom is 0.104 e. The van der Waals surface area contributed by atoms with Crippen molar-refractivity contribution in [3.05, 3.63) is 24.3 Å². The summed E-state index contributed by atoms with van der Waals surface area (Å²) < 4.78 is 5.40. The maximum atomic E-state index is 10.6. The first-order valence-electron chi connectivity index (χ1n) is 5.86. The van der Waals surface area contributed by atoms with E-state index in [1.807, 2.05) is 13.0 Å². The van der Waals surface area contributed by atoms with E-state index in [9.17, 15) is 5.11 Å². The Balaban J connectivity index is 2.65. The smallest absolute Gasteiger partial charge is 0.104 e. The summed E-state index contributed by atoms with van der Waals surface area (Å²) in [4.78, 5) is 0. The van der Waals surface area contributed by atoms with Crippen molar-refractivity contribution < 1.29 is 9.84 Å². The van der Waals surface area contributed by atoms with Crippen LogP contribution in [0.5, 0.6) is 0 Å². The third kappa shape index (κ3) is 3.09. The van der Waals surface area contributed by atoms with E-state index in [2.05, 4.69) is 6.58 Å². The van der Waals surface area contributed by atoms with Crippen molar-refractivity contribution >= 4 is 11.6 Å². The minimum Gasteiger partial charge on any atom is -0.384 e. The maximum absolute atomic E-state index is 10.6. The fraction of sp³-hybridized carbons (Fsp3) is 0.692. The largest absolute Gasteiger partial charge is 0.384 e. The minimum atomic E-state index is -0.879. The average Bonchev–Trinajstić information content (AvgIpc) is 2.28. The number of ether oxygens (including phenoxy) is 1. The molecule has 1 N–H and O–H groups in total. The molecule has 0 aromatic heterocycles. The lowest BCUT2D eigenvalue weighted by atomic mass is 9.79. The molecule has 1 aliphatic rings. The first-order valence-corrected chi connectivity index (χ1v) is 6.29. The number of aliphatic hydroxyl groups is 1. The lowest BCUT2D eigenvalue weighted by molar-refractivity contribution is 0.0269. The number of halogens is 1. The molecule has 1 fully saturated rings. The second-order valence-corrected chi connectivity index (χ2v) is 4.78. The van der Waals surface area contributed by atoms with Crippen molar-refractivity contribution in [2.24, 2.45) is 0 Å². The third-order valence-electron chi connectivity index (χ3n) is 3.18. The molecule has 1 saturated carbocycles. The average molecular weight is 245 g/mol. The van der Waals surface area contributed by atoms with Gasteiger partial charge in [-0.3, -0.25) is 0 Å². The molecule has 0 saturated heterocycles. The fourth-order valence-corrected chi connectivity index (χ4v) is 2.59. The molecule has 92 valence electrons. The molecule has 2 atom stereocenters. The molecule has 16 heavy (non-hydrogen) atoms. The Morgan fingerprint density at radius 3 is 2.94 bits per heavy atom. The Hall–Kier alpha value is -0.310. The summed E-state index contributed by atoms with van der Waals surface area (Å²) >= 11 is 6.24. The van der Waals surface area contributed by atoms with Crippen LogP contribution in [0.25, 0.3) is 0 Å². The van der Waals surface area contributed by atoms with Crippen molar-refractivity contribution in [3.63, 3.8) is 0 Å². The number of hydrogen-bond donors (Lipinski definition) is 1. The van der Waals surface area contributed by atoms with E-state index in [1.165, 1.54) is 0 Å². The predicted octanol–water partition coefficient (Wildman–Crippen LogP) is 3.05. The molecular formula is C13H21ClO2. The third-order valence-corrected chi connectivity index (χ3v) is 3.76.